The number of ketones is 1. The maximum absolute atomic E-state index is 13.0. The summed E-state index contributed by atoms with van der Waals surface area (Å²) in [6, 6.07) is 16.6. The van der Waals surface area contributed by atoms with E-state index < -0.39 is 5.92 Å². The van der Waals surface area contributed by atoms with Crippen LogP contribution in [0.5, 0.6) is 0 Å². The summed E-state index contributed by atoms with van der Waals surface area (Å²) in [5.41, 5.74) is 2.86. The van der Waals surface area contributed by atoms with Gasteiger partial charge in [0.1, 0.15) is 5.82 Å². The second-order valence-electron chi connectivity index (χ2n) is 6.99. The number of piperidine rings is 1. The molecule has 140 valence electrons. The molecule has 0 bridgehead atoms. The van der Waals surface area contributed by atoms with Gasteiger partial charge in [0.15, 0.2) is 11.7 Å². The summed E-state index contributed by atoms with van der Waals surface area (Å²) in [6.45, 7) is 0.701. The first kappa shape index (κ1) is 17.9. The molecule has 0 spiro atoms. The number of hydrogen-bond donors (Lipinski definition) is 0. The number of aromatic nitrogens is 2. The Labute approximate surface area is 163 Å². The summed E-state index contributed by atoms with van der Waals surface area (Å²) in [7, 11) is 1.81. The van der Waals surface area contributed by atoms with Crippen LogP contribution in [0.15, 0.2) is 48.5 Å². The van der Waals surface area contributed by atoms with Gasteiger partial charge in [-0.3, -0.25) is 9.59 Å². The average molecular weight is 372 g/mol. The highest BCUT2D eigenvalue weighted by Crippen LogP contribution is 2.26. The van der Waals surface area contributed by atoms with Crippen LogP contribution in [-0.2, 0) is 11.8 Å². The number of carbonyl (C=O) groups excluding carboxylic acids is 2. The van der Waals surface area contributed by atoms with Gasteiger partial charge in [0.05, 0.1) is 17.1 Å². The van der Waals surface area contributed by atoms with Crippen molar-refractivity contribution in [1.82, 2.24) is 9.55 Å². The number of carbonyl (C=O) groups is 2. The predicted octanol–water partition coefficient (Wildman–Crippen LogP) is 3.58. The number of benzene rings is 2. The Morgan fingerprint density at radius 3 is 2.57 bits per heavy atom. The van der Waals surface area contributed by atoms with Crippen molar-refractivity contribution in [2.45, 2.75) is 25.2 Å². The molecule has 1 saturated heterocycles. The number of Topliss-reactive ketones (excluding diaryl/α,β-unsaturated/α-hetero) is 1. The van der Waals surface area contributed by atoms with Crippen molar-refractivity contribution in [1.29, 1.82) is 5.26 Å². The Bertz CT molecular complexity index is 1090. The van der Waals surface area contributed by atoms with Crippen LogP contribution in [0.1, 0.15) is 41.4 Å². The number of aryl methyl sites for hydroxylation is 1. The number of rotatable bonds is 4. The van der Waals surface area contributed by atoms with E-state index in [9.17, 15) is 14.9 Å². The van der Waals surface area contributed by atoms with Crippen LogP contribution >= 0.6 is 0 Å². The van der Waals surface area contributed by atoms with E-state index in [1.807, 2.05) is 31.3 Å². The van der Waals surface area contributed by atoms with E-state index in [4.69, 9.17) is 0 Å². The van der Waals surface area contributed by atoms with Crippen LogP contribution in [0.2, 0.25) is 0 Å². The lowest BCUT2D eigenvalue weighted by atomic mass is 9.97. The van der Waals surface area contributed by atoms with Crippen molar-refractivity contribution in [2.75, 3.05) is 11.4 Å². The molecular formula is C22H20N4O2. The monoisotopic (exact) mass is 372 g/mol. The van der Waals surface area contributed by atoms with E-state index in [-0.39, 0.29) is 11.7 Å². The van der Waals surface area contributed by atoms with E-state index in [0.29, 0.717) is 24.4 Å². The molecule has 1 aliphatic heterocycles. The molecule has 0 N–H and O–H groups in total. The van der Waals surface area contributed by atoms with Crippen LogP contribution in [0.3, 0.4) is 0 Å². The highest BCUT2D eigenvalue weighted by molar-refractivity contribution is 6.03. The summed E-state index contributed by atoms with van der Waals surface area (Å²) in [5, 5.41) is 9.68. The van der Waals surface area contributed by atoms with Crippen molar-refractivity contribution < 1.29 is 9.59 Å². The Balaban J connectivity index is 1.63. The third-order valence-electron chi connectivity index (χ3n) is 5.26. The molecule has 2 heterocycles. The SMILES string of the molecule is Cn1c(C(C#N)C(=O)c2ccc(N3CCCCC3=O)cc2)nc2ccccc21. The molecule has 0 aliphatic carbocycles. The maximum Gasteiger partial charge on any atom is 0.226 e. The van der Waals surface area contributed by atoms with Gasteiger partial charge in [0.2, 0.25) is 5.91 Å². The number of imidazole rings is 1. The zero-order valence-electron chi connectivity index (χ0n) is 15.6. The molecule has 4 rings (SSSR count). The Morgan fingerprint density at radius 2 is 1.89 bits per heavy atom. The lowest BCUT2D eigenvalue weighted by molar-refractivity contribution is -0.119. The van der Waals surface area contributed by atoms with Gasteiger partial charge in [-0.25, -0.2) is 4.98 Å². The minimum Gasteiger partial charge on any atom is -0.330 e. The van der Waals surface area contributed by atoms with Gasteiger partial charge in [0.25, 0.3) is 0 Å². The smallest absolute Gasteiger partial charge is 0.226 e. The second-order valence-corrected chi connectivity index (χ2v) is 6.99. The summed E-state index contributed by atoms with van der Waals surface area (Å²) >= 11 is 0. The normalized spacial score (nSPS) is 15.4. The highest BCUT2D eigenvalue weighted by atomic mass is 16.2. The van der Waals surface area contributed by atoms with Crippen molar-refractivity contribution in [3.8, 4) is 6.07 Å². The second kappa shape index (κ2) is 7.28. The van der Waals surface area contributed by atoms with Gasteiger partial charge in [-0.1, -0.05) is 12.1 Å². The third-order valence-corrected chi connectivity index (χ3v) is 5.26. The van der Waals surface area contributed by atoms with Gasteiger partial charge in [-0.2, -0.15) is 5.26 Å². The van der Waals surface area contributed by atoms with Crippen LogP contribution < -0.4 is 4.90 Å². The average Bonchev–Trinajstić information content (AvgIpc) is 3.06. The van der Waals surface area contributed by atoms with E-state index in [2.05, 4.69) is 11.1 Å². The molecule has 1 aliphatic rings. The molecule has 6 heteroatoms. The largest absolute Gasteiger partial charge is 0.330 e. The predicted molar refractivity (Wildman–Crippen MR) is 106 cm³/mol. The number of hydrogen-bond acceptors (Lipinski definition) is 4. The number of para-hydroxylation sites is 2. The molecule has 0 saturated carbocycles. The molecule has 1 fully saturated rings. The van der Waals surface area contributed by atoms with Gasteiger partial charge >= 0.3 is 0 Å². The molecule has 28 heavy (non-hydrogen) atoms. The van der Waals surface area contributed by atoms with E-state index in [1.54, 1.807) is 33.7 Å². The third kappa shape index (κ3) is 3.05. The van der Waals surface area contributed by atoms with E-state index >= 15 is 0 Å². The molecule has 3 aromatic rings. The van der Waals surface area contributed by atoms with Crippen molar-refractivity contribution in [3.63, 3.8) is 0 Å². The summed E-state index contributed by atoms with van der Waals surface area (Å²) in [4.78, 5) is 31.3. The number of anilines is 1. The zero-order chi connectivity index (χ0) is 19.7. The van der Waals surface area contributed by atoms with Gasteiger partial charge in [0, 0.05) is 31.3 Å². The summed E-state index contributed by atoms with van der Waals surface area (Å²) in [5.74, 6) is -0.735. The number of fused-ring (bicyclic) bond motifs is 1. The van der Waals surface area contributed by atoms with Crippen molar-refractivity contribution in [3.05, 3.63) is 59.9 Å². The fourth-order valence-electron chi connectivity index (χ4n) is 3.71. The Morgan fingerprint density at radius 1 is 1.14 bits per heavy atom. The van der Waals surface area contributed by atoms with Crippen LogP contribution in [0.25, 0.3) is 11.0 Å². The molecule has 0 radical (unpaired) electrons. The van der Waals surface area contributed by atoms with Crippen LogP contribution in [0, 0.1) is 11.3 Å². The Kier molecular flexibility index (Phi) is 4.66. The lowest BCUT2D eigenvalue weighted by Gasteiger charge is -2.26. The molecular weight excluding hydrogens is 352 g/mol. The highest BCUT2D eigenvalue weighted by Gasteiger charge is 2.27. The standard InChI is InChI=1S/C22H20N4O2/c1-25-19-7-3-2-6-18(19)24-22(25)17(14-23)21(28)15-9-11-16(12-10-15)26-13-5-4-8-20(26)27/h2-3,6-7,9-12,17H,4-5,8,13H2,1H3. The maximum atomic E-state index is 13.0. The zero-order valence-corrected chi connectivity index (χ0v) is 15.6. The van der Waals surface area contributed by atoms with Crippen molar-refractivity contribution >= 4 is 28.4 Å². The molecule has 1 amide bonds. The first-order valence-electron chi connectivity index (χ1n) is 9.36. The number of amides is 1. The van der Waals surface area contributed by atoms with Gasteiger partial charge in [-0.15, -0.1) is 0 Å². The topological polar surface area (TPSA) is 79.0 Å². The lowest BCUT2D eigenvalue weighted by Crippen LogP contribution is -2.35. The first-order chi connectivity index (χ1) is 13.6. The van der Waals surface area contributed by atoms with E-state index in [0.717, 1.165) is 29.6 Å². The summed E-state index contributed by atoms with van der Waals surface area (Å²) < 4.78 is 1.79. The minimum atomic E-state index is -0.986. The van der Waals surface area contributed by atoms with Crippen molar-refractivity contribution in [2.24, 2.45) is 7.05 Å². The quantitative estimate of drug-likeness (QED) is 0.656. The molecule has 1 atom stereocenters. The Hall–Kier alpha value is -3.46. The number of nitrogens with zero attached hydrogens (tertiary/aromatic N) is 4. The van der Waals surface area contributed by atoms with Crippen LogP contribution in [-0.4, -0.2) is 27.8 Å². The minimum absolute atomic E-state index is 0.111. The first-order valence-corrected chi connectivity index (χ1v) is 9.36. The van der Waals surface area contributed by atoms with Gasteiger partial charge < -0.3 is 9.47 Å². The van der Waals surface area contributed by atoms with Gasteiger partial charge in [-0.05, 0) is 49.2 Å². The molecule has 6 nitrogen and oxygen atoms in total. The molecule has 1 aromatic heterocycles. The fraction of sp³-hybridized carbons (Fsp3) is 0.273. The van der Waals surface area contributed by atoms with E-state index in [1.165, 1.54) is 0 Å². The van der Waals surface area contributed by atoms with Crippen LogP contribution in [0.4, 0.5) is 5.69 Å². The summed E-state index contributed by atoms with van der Waals surface area (Å²) in [6.07, 6.45) is 2.47. The fourth-order valence-corrected chi connectivity index (χ4v) is 3.71. The molecule has 1 unspecified atom stereocenters. The molecule has 2 aromatic carbocycles. The number of nitriles is 1.